The van der Waals surface area contributed by atoms with Crippen molar-refractivity contribution in [2.75, 3.05) is 18.4 Å². The molecule has 3 aromatic carbocycles. The molecule has 0 bridgehead atoms. The zero-order valence-corrected chi connectivity index (χ0v) is 19.7. The number of alkyl halides is 3. The first kappa shape index (κ1) is 25.2. The Kier molecular flexibility index (Phi) is 6.73. The maximum Gasteiger partial charge on any atom is 0.423 e. The van der Waals surface area contributed by atoms with Crippen LogP contribution in [0.1, 0.15) is 23.6 Å². The first-order valence-electron chi connectivity index (χ1n) is 10.8. The van der Waals surface area contributed by atoms with Crippen LogP contribution in [0.5, 0.6) is 0 Å². The van der Waals surface area contributed by atoms with E-state index >= 15 is 0 Å². The quantitative estimate of drug-likeness (QED) is 0.327. The Hall–Kier alpha value is -3.92. The highest BCUT2D eigenvalue weighted by atomic mass is 35.5. The summed E-state index contributed by atoms with van der Waals surface area (Å²) in [5, 5.41) is 20.4. The second-order valence-electron chi connectivity index (χ2n) is 8.51. The maximum atomic E-state index is 13.1. The number of carbonyl (C=O) groups excluding carboxylic acids is 1. The number of nitrogens with one attached hydrogen (secondary N) is 1. The van der Waals surface area contributed by atoms with Gasteiger partial charge in [0.05, 0.1) is 22.6 Å². The number of amides is 1. The predicted molar refractivity (Wildman–Crippen MR) is 130 cm³/mol. The minimum Gasteiger partial charge on any atom is -0.324 e. The van der Waals surface area contributed by atoms with Crippen LogP contribution in [0.15, 0.2) is 77.9 Å². The Morgan fingerprint density at radius 1 is 1.14 bits per heavy atom. The van der Waals surface area contributed by atoms with Gasteiger partial charge in [-0.05, 0) is 42.3 Å². The first-order chi connectivity index (χ1) is 17.0. The number of hydrogen-bond donors (Lipinski definition) is 1. The molecule has 1 heterocycles. The zero-order valence-electron chi connectivity index (χ0n) is 18.9. The number of benzene rings is 3. The molecule has 0 fully saturated rings. The van der Waals surface area contributed by atoms with Crippen LogP contribution in [0.4, 0.5) is 24.5 Å². The van der Waals surface area contributed by atoms with Gasteiger partial charge in [-0.15, -0.1) is 0 Å². The molecule has 1 atom stereocenters. The van der Waals surface area contributed by atoms with E-state index in [-0.39, 0.29) is 12.2 Å². The van der Waals surface area contributed by atoms with Gasteiger partial charge in [0.25, 0.3) is 5.69 Å². The predicted octanol–water partition coefficient (Wildman–Crippen LogP) is 5.88. The number of anilines is 1. The molecule has 36 heavy (non-hydrogen) atoms. The molecule has 0 saturated carbocycles. The summed E-state index contributed by atoms with van der Waals surface area (Å²) in [6.45, 7) is 2.15. The summed E-state index contributed by atoms with van der Waals surface area (Å²) < 4.78 is 39.2. The molecule has 1 aliphatic heterocycles. The molecular weight excluding hydrogens is 497 g/mol. The van der Waals surface area contributed by atoms with Crippen LogP contribution in [0, 0.1) is 10.1 Å². The lowest BCUT2D eigenvalue weighted by atomic mass is 9.76. The second kappa shape index (κ2) is 9.62. The highest BCUT2D eigenvalue weighted by Gasteiger charge is 2.41. The van der Waals surface area contributed by atoms with Crippen LogP contribution in [0.2, 0.25) is 5.02 Å². The lowest BCUT2D eigenvalue weighted by Crippen LogP contribution is -2.38. The molecule has 1 unspecified atom stereocenters. The largest absolute Gasteiger partial charge is 0.423 e. The van der Waals surface area contributed by atoms with Crippen molar-refractivity contribution >= 4 is 34.6 Å². The van der Waals surface area contributed by atoms with E-state index in [2.05, 4.69) is 10.4 Å². The molecule has 11 heteroatoms. The van der Waals surface area contributed by atoms with Gasteiger partial charge in [0, 0.05) is 16.8 Å². The van der Waals surface area contributed by atoms with E-state index in [1.54, 1.807) is 17.1 Å². The van der Waals surface area contributed by atoms with Gasteiger partial charge in [0.15, 0.2) is 0 Å². The highest BCUT2D eigenvalue weighted by molar-refractivity contribution is 6.30. The number of nitro benzene ring substituents is 1. The van der Waals surface area contributed by atoms with Crippen LogP contribution in [-0.4, -0.2) is 34.6 Å². The van der Waals surface area contributed by atoms with E-state index in [1.807, 2.05) is 49.4 Å². The molecule has 1 N–H and O–H groups in total. The summed E-state index contributed by atoms with van der Waals surface area (Å²) in [5.74, 6) is -0.583. The Labute approximate surface area is 209 Å². The monoisotopic (exact) mass is 516 g/mol. The third-order valence-electron chi connectivity index (χ3n) is 5.90. The molecule has 186 valence electrons. The third-order valence-corrected chi connectivity index (χ3v) is 6.15. The average Bonchev–Trinajstić information content (AvgIpc) is 3.16. The van der Waals surface area contributed by atoms with E-state index < -0.39 is 33.7 Å². The van der Waals surface area contributed by atoms with Crippen LogP contribution < -0.4 is 5.32 Å². The normalized spacial score (nSPS) is 17.6. The SMILES string of the molecule is CC1(c2ccccc2)CN(CC(=O)Nc2ccc(C(F)(F)F)c([N+](=O)[O-])c2)N=C1c1ccc(Cl)cc1. The summed E-state index contributed by atoms with van der Waals surface area (Å²) in [6, 6.07) is 19.1. The number of carbonyl (C=O) groups is 1. The molecule has 0 spiro atoms. The van der Waals surface area contributed by atoms with Crippen molar-refractivity contribution in [3.05, 3.63) is 105 Å². The zero-order chi connectivity index (χ0) is 26.1. The fourth-order valence-electron chi connectivity index (χ4n) is 4.20. The average molecular weight is 517 g/mol. The fourth-order valence-corrected chi connectivity index (χ4v) is 4.33. The van der Waals surface area contributed by atoms with Crippen molar-refractivity contribution in [1.29, 1.82) is 0 Å². The van der Waals surface area contributed by atoms with Crippen molar-refractivity contribution in [3.8, 4) is 0 Å². The molecule has 3 aromatic rings. The molecule has 1 aliphatic rings. The van der Waals surface area contributed by atoms with Crippen molar-refractivity contribution in [1.82, 2.24) is 5.01 Å². The molecule has 0 saturated heterocycles. The van der Waals surface area contributed by atoms with Crippen LogP contribution in [0.25, 0.3) is 0 Å². The topological polar surface area (TPSA) is 87.8 Å². The Balaban J connectivity index is 1.58. The fraction of sp³-hybridized carbons (Fsp3) is 0.200. The number of hydrazone groups is 1. The Morgan fingerprint density at radius 3 is 2.42 bits per heavy atom. The molecule has 4 rings (SSSR count). The summed E-state index contributed by atoms with van der Waals surface area (Å²) in [7, 11) is 0. The molecule has 1 amide bonds. The van der Waals surface area contributed by atoms with Gasteiger partial charge in [0.2, 0.25) is 5.91 Å². The van der Waals surface area contributed by atoms with Crippen molar-refractivity contribution < 1.29 is 22.9 Å². The van der Waals surface area contributed by atoms with Gasteiger partial charge in [-0.3, -0.25) is 19.9 Å². The number of nitro groups is 1. The van der Waals surface area contributed by atoms with E-state index in [1.165, 1.54) is 0 Å². The molecule has 0 radical (unpaired) electrons. The van der Waals surface area contributed by atoms with Gasteiger partial charge in [-0.2, -0.15) is 18.3 Å². The smallest absolute Gasteiger partial charge is 0.324 e. The van der Waals surface area contributed by atoms with Gasteiger partial charge in [-0.1, -0.05) is 54.1 Å². The highest BCUT2D eigenvalue weighted by Crippen LogP contribution is 2.38. The molecule has 7 nitrogen and oxygen atoms in total. The van der Waals surface area contributed by atoms with Gasteiger partial charge < -0.3 is 5.32 Å². The minimum absolute atomic E-state index is 0.119. The van der Waals surface area contributed by atoms with Crippen molar-refractivity contribution in [3.63, 3.8) is 0 Å². The van der Waals surface area contributed by atoms with E-state index in [0.29, 0.717) is 23.7 Å². The molecule has 0 aromatic heterocycles. The van der Waals surface area contributed by atoms with Crippen molar-refractivity contribution in [2.45, 2.75) is 18.5 Å². The summed E-state index contributed by atoms with van der Waals surface area (Å²) in [6.07, 6.45) is -4.89. The molecule has 0 aliphatic carbocycles. The van der Waals surface area contributed by atoms with Crippen molar-refractivity contribution in [2.24, 2.45) is 5.10 Å². The Morgan fingerprint density at radius 2 is 1.81 bits per heavy atom. The standard InChI is InChI=1S/C25H20ClF3N4O3/c1-24(17-5-3-2-4-6-17)15-32(31-23(24)16-7-9-18(26)10-8-16)14-22(34)30-19-11-12-20(25(27,28)29)21(13-19)33(35)36/h2-13H,14-15H2,1H3,(H,30,34). The summed E-state index contributed by atoms with van der Waals surface area (Å²) >= 11 is 6.04. The third kappa shape index (κ3) is 5.18. The van der Waals surface area contributed by atoms with Gasteiger partial charge in [0.1, 0.15) is 12.1 Å². The second-order valence-corrected chi connectivity index (χ2v) is 8.95. The number of nitrogens with zero attached hydrogens (tertiary/aromatic N) is 3. The van der Waals surface area contributed by atoms with Gasteiger partial charge >= 0.3 is 6.18 Å². The minimum atomic E-state index is -4.89. The molecular formula is C25H20ClF3N4O3. The lowest BCUT2D eigenvalue weighted by Gasteiger charge is -2.27. The lowest BCUT2D eigenvalue weighted by molar-refractivity contribution is -0.388. The maximum absolute atomic E-state index is 13.1. The van der Waals surface area contributed by atoms with Crippen LogP contribution in [-0.2, 0) is 16.4 Å². The van der Waals surface area contributed by atoms with Crippen LogP contribution in [0.3, 0.4) is 0 Å². The van der Waals surface area contributed by atoms with Gasteiger partial charge in [-0.25, -0.2) is 0 Å². The Bertz CT molecular complexity index is 1330. The van der Waals surface area contributed by atoms with E-state index in [4.69, 9.17) is 11.6 Å². The number of rotatable bonds is 6. The number of hydrogen-bond acceptors (Lipinski definition) is 5. The number of halogens is 4. The van der Waals surface area contributed by atoms with Crippen LogP contribution >= 0.6 is 11.6 Å². The summed E-state index contributed by atoms with van der Waals surface area (Å²) in [4.78, 5) is 22.7. The van der Waals surface area contributed by atoms with E-state index in [0.717, 1.165) is 22.9 Å². The van der Waals surface area contributed by atoms with E-state index in [9.17, 15) is 28.1 Å². The summed E-state index contributed by atoms with van der Waals surface area (Å²) in [5.41, 5.74) is -0.674. The first-order valence-corrected chi connectivity index (χ1v) is 11.2.